The highest BCUT2D eigenvalue weighted by molar-refractivity contribution is 6.05. The molecule has 2 aromatic carbocycles. The lowest BCUT2D eigenvalue weighted by atomic mass is 10.2. The van der Waals surface area contributed by atoms with Gasteiger partial charge in [-0.25, -0.2) is 9.78 Å². The van der Waals surface area contributed by atoms with Crippen molar-refractivity contribution < 1.29 is 41.8 Å². The Morgan fingerprint density at radius 2 is 1.68 bits per heavy atom. The molecule has 0 bridgehead atoms. The number of pyridine rings is 1. The molecule has 0 unspecified atom stereocenters. The van der Waals surface area contributed by atoms with E-state index in [-0.39, 0.29) is 34.2 Å². The zero-order valence-corrected chi connectivity index (χ0v) is 17.8. The normalized spacial score (nSPS) is 10.9. The second-order valence-electron chi connectivity index (χ2n) is 6.73. The molecule has 0 aliphatic heterocycles. The number of benzene rings is 2. The van der Waals surface area contributed by atoms with Crippen molar-refractivity contribution in [3.63, 3.8) is 0 Å². The molecule has 1 heterocycles. The van der Waals surface area contributed by atoms with Crippen LogP contribution in [0, 0.1) is 0 Å². The fraction of sp³-hybridized carbons (Fsp3) is 0.130. The molecule has 176 valence electrons. The van der Waals surface area contributed by atoms with Crippen molar-refractivity contribution in [1.82, 2.24) is 4.98 Å². The first kappa shape index (κ1) is 24.2. The van der Waals surface area contributed by atoms with Crippen LogP contribution in [0.3, 0.4) is 0 Å². The Hall–Kier alpha value is -4.41. The minimum atomic E-state index is -4.57. The van der Waals surface area contributed by atoms with Crippen LogP contribution in [0.4, 0.5) is 18.9 Å². The van der Waals surface area contributed by atoms with E-state index >= 15 is 0 Å². The lowest BCUT2D eigenvalue weighted by Crippen LogP contribution is -2.17. The van der Waals surface area contributed by atoms with Crippen LogP contribution in [-0.2, 0) is 11.0 Å². The number of halogens is 3. The first-order valence-electron chi connectivity index (χ1n) is 9.60. The highest BCUT2D eigenvalue weighted by Crippen LogP contribution is 2.32. The number of methoxy groups -OCH3 is 1. The number of esters is 2. The van der Waals surface area contributed by atoms with E-state index in [9.17, 15) is 27.6 Å². The quantitative estimate of drug-likeness (QED) is 0.414. The average Bonchev–Trinajstić information content (AvgIpc) is 2.79. The van der Waals surface area contributed by atoms with E-state index in [1.165, 1.54) is 49.7 Å². The van der Waals surface area contributed by atoms with Crippen molar-refractivity contribution >= 4 is 23.5 Å². The summed E-state index contributed by atoms with van der Waals surface area (Å²) < 4.78 is 53.6. The van der Waals surface area contributed by atoms with Gasteiger partial charge >= 0.3 is 18.1 Å². The monoisotopic (exact) mass is 474 g/mol. The molecule has 34 heavy (non-hydrogen) atoms. The molecular weight excluding hydrogens is 457 g/mol. The van der Waals surface area contributed by atoms with E-state index in [0.717, 1.165) is 19.1 Å². The van der Waals surface area contributed by atoms with Crippen LogP contribution in [0.5, 0.6) is 17.2 Å². The molecule has 1 aromatic heterocycles. The van der Waals surface area contributed by atoms with Gasteiger partial charge in [0, 0.05) is 24.9 Å². The largest absolute Gasteiger partial charge is 0.493 e. The van der Waals surface area contributed by atoms with E-state index in [2.05, 4.69) is 10.3 Å². The number of nitrogens with zero attached hydrogens (tertiary/aromatic N) is 1. The maximum absolute atomic E-state index is 12.8. The van der Waals surface area contributed by atoms with Crippen LogP contribution in [0.15, 0.2) is 60.8 Å². The summed E-state index contributed by atoms with van der Waals surface area (Å²) in [6.45, 7) is 1.16. The number of carbonyl (C=O) groups is 3. The predicted molar refractivity (Wildman–Crippen MR) is 113 cm³/mol. The third kappa shape index (κ3) is 5.88. The SMILES string of the molecule is COc1ccnc(C(=O)Nc2ccc(C(=O)Oc3cccc(C(F)(F)F)c3)cc2)c1OC(C)=O. The number of hydrogen-bond acceptors (Lipinski definition) is 7. The molecule has 0 aliphatic carbocycles. The Morgan fingerprint density at radius 1 is 0.971 bits per heavy atom. The number of rotatable bonds is 6. The van der Waals surface area contributed by atoms with Gasteiger partial charge in [0.2, 0.25) is 5.75 Å². The number of ether oxygens (including phenoxy) is 3. The van der Waals surface area contributed by atoms with Crippen LogP contribution >= 0.6 is 0 Å². The first-order valence-corrected chi connectivity index (χ1v) is 9.60. The van der Waals surface area contributed by atoms with Crippen LogP contribution in [0.25, 0.3) is 0 Å². The summed E-state index contributed by atoms with van der Waals surface area (Å²) in [5, 5.41) is 2.54. The number of anilines is 1. The summed E-state index contributed by atoms with van der Waals surface area (Å²) in [5.41, 5.74) is -0.854. The van der Waals surface area contributed by atoms with Crippen molar-refractivity contribution in [3.8, 4) is 17.2 Å². The molecule has 11 heteroatoms. The van der Waals surface area contributed by atoms with Gasteiger partial charge in [0.05, 0.1) is 18.2 Å². The van der Waals surface area contributed by atoms with Crippen LogP contribution in [-0.4, -0.2) is 29.9 Å². The third-order valence-electron chi connectivity index (χ3n) is 4.30. The van der Waals surface area contributed by atoms with E-state index in [1.807, 2.05) is 0 Å². The molecule has 3 rings (SSSR count). The predicted octanol–water partition coefficient (Wildman–Crippen LogP) is 4.51. The highest BCUT2D eigenvalue weighted by Gasteiger charge is 2.30. The van der Waals surface area contributed by atoms with Crippen LogP contribution < -0.4 is 19.5 Å². The van der Waals surface area contributed by atoms with Crippen molar-refractivity contribution in [2.45, 2.75) is 13.1 Å². The summed E-state index contributed by atoms with van der Waals surface area (Å²) in [7, 11) is 1.33. The van der Waals surface area contributed by atoms with Crippen molar-refractivity contribution in [2.24, 2.45) is 0 Å². The maximum atomic E-state index is 12.8. The number of aromatic nitrogens is 1. The fourth-order valence-corrected chi connectivity index (χ4v) is 2.78. The lowest BCUT2D eigenvalue weighted by molar-refractivity contribution is -0.137. The van der Waals surface area contributed by atoms with Gasteiger partial charge in [-0.05, 0) is 42.5 Å². The van der Waals surface area contributed by atoms with E-state index < -0.39 is 29.6 Å². The average molecular weight is 474 g/mol. The Bertz CT molecular complexity index is 1230. The van der Waals surface area contributed by atoms with E-state index in [0.29, 0.717) is 6.07 Å². The number of alkyl halides is 3. The van der Waals surface area contributed by atoms with Gasteiger partial charge in [0.1, 0.15) is 5.75 Å². The Balaban J connectivity index is 1.73. The van der Waals surface area contributed by atoms with Gasteiger partial charge in [-0.1, -0.05) is 6.07 Å². The standard InChI is InChI=1S/C23H17F3N2O6/c1-13(29)33-20-18(32-2)10-11-27-19(20)21(30)28-16-8-6-14(7-9-16)22(31)34-17-5-3-4-15(12-17)23(24,25)26/h3-12H,1-2H3,(H,28,30). The minimum absolute atomic E-state index is 0.0375. The van der Waals surface area contributed by atoms with Gasteiger partial charge in [0.15, 0.2) is 11.4 Å². The summed E-state index contributed by atoms with van der Waals surface area (Å²) in [6.07, 6.45) is -3.27. The number of carbonyl (C=O) groups excluding carboxylic acids is 3. The molecule has 1 N–H and O–H groups in total. The number of nitrogens with one attached hydrogen (secondary N) is 1. The fourth-order valence-electron chi connectivity index (χ4n) is 2.78. The van der Waals surface area contributed by atoms with Crippen LogP contribution in [0.1, 0.15) is 33.3 Å². The molecule has 0 spiro atoms. The maximum Gasteiger partial charge on any atom is 0.416 e. The van der Waals surface area contributed by atoms with Gasteiger partial charge in [-0.3, -0.25) is 9.59 Å². The summed E-state index contributed by atoms with van der Waals surface area (Å²) >= 11 is 0. The Labute approximate surface area is 191 Å². The summed E-state index contributed by atoms with van der Waals surface area (Å²) in [5.74, 6) is -2.57. The summed E-state index contributed by atoms with van der Waals surface area (Å²) in [4.78, 5) is 40.2. The van der Waals surface area contributed by atoms with Gasteiger partial charge in [-0.15, -0.1) is 0 Å². The van der Waals surface area contributed by atoms with Crippen molar-refractivity contribution in [3.05, 3.63) is 77.6 Å². The topological polar surface area (TPSA) is 104 Å². The van der Waals surface area contributed by atoms with E-state index in [4.69, 9.17) is 14.2 Å². The third-order valence-corrected chi connectivity index (χ3v) is 4.30. The Kier molecular flexibility index (Phi) is 7.15. The van der Waals surface area contributed by atoms with Crippen molar-refractivity contribution in [1.29, 1.82) is 0 Å². The summed E-state index contributed by atoms with van der Waals surface area (Å²) in [6, 6.07) is 10.7. The first-order chi connectivity index (χ1) is 16.1. The Morgan fingerprint density at radius 3 is 2.29 bits per heavy atom. The number of amides is 1. The molecular formula is C23H17F3N2O6. The second-order valence-corrected chi connectivity index (χ2v) is 6.73. The molecule has 1 amide bonds. The zero-order valence-electron chi connectivity index (χ0n) is 17.8. The van der Waals surface area contributed by atoms with Gasteiger partial charge < -0.3 is 19.5 Å². The molecule has 0 fully saturated rings. The molecule has 0 aliphatic rings. The molecule has 8 nitrogen and oxygen atoms in total. The minimum Gasteiger partial charge on any atom is -0.493 e. The molecule has 0 atom stereocenters. The van der Waals surface area contributed by atoms with Gasteiger partial charge in [0.25, 0.3) is 5.91 Å². The number of hydrogen-bond donors (Lipinski definition) is 1. The molecule has 0 saturated heterocycles. The van der Waals surface area contributed by atoms with Gasteiger partial charge in [-0.2, -0.15) is 13.2 Å². The van der Waals surface area contributed by atoms with Crippen molar-refractivity contribution in [2.75, 3.05) is 12.4 Å². The molecule has 3 aromatic rings. The van der Waals surface area contributed by atoms with E-state index in [1.54, 1.807) is 0 Å². The van der Waals surface area contributed by atoms with Crippen LogP contribution in [0.2, 0.25) is 0 Å². The second kappa shape index (κ2) is 10.0. The highest BCUT2D eigenvalue weighted by atomic mass is 19.4. The smallest absolute Gasteiger partial charge is 0.416 e. The zero-order chi connectivity index (χ0) is 24.9. The molecule has 0 radical (unpaired) electrons. The lowest BCUT2D eigenvalue weighted by Gasteiger charge is -2.12. The molecule has 0 saturated carbocycles.